The van der Waals surface area contributed by atoms with E-state index < -0.39 is 11.4 Å². The number of oxazole rings is 1. The SMILES string of the molecule is CCC(N)(CC)CNC(=O)c1ccccc1-c1ncc(-c2ccccc2F)o1. The van der Waals surface area contributed by atoms with Crippen molar-refractivity contribution in [3.63, 3.8) is 0 Å². The van der Waals surface area contributed by atoms with Gasteiger partial charge in [-0.1, -0.05) is 38.1 Å². The Morgan fingerprint density at radius 1 is 1.11 bits per heavy atom. The van der Waals surface area contributed by atoms with Crippen molar-refractivity contribution in [2.45, 2.75) is 32.2 Å². The highest BCUT2D eigenvalue weighted by Gasteiger charge is 2.23. The Labute approximate surface area is 163 Å². The fraction of sp³-hybridized carbons (Fsp3) is 0.273. The summed E-state index contributed by atoms with van der Waals surface area (Å²) >= 11 is 0. The zero-order valence-corrected chi connectivity index (χ0v) is 16.0. The number of nitrogens with zero attached hydrogens (tertiary/aromatic N) is 1. The number of nitrogens with two attached hydrogens (primary N) is 1. The van der Waals surface area contributed by atoms with Gasteiger partial charge in [0.05, 0.1) is 17.3 Å². The van der Waals surface area contributed by atoms with Crippen molar-refractivity contribution in [2.24, 2.45) is 5.73 Å². The summed E-state index contributed by atoms with van der Waals surface area (Å²) in [6.45, 7) is 4.38. The van der Waals surface area contributed by atoms with Gasteiger partial charge < -0.3 is 15.5 Å². The average molecular weight is 381 g/mol. The van der Waals surface area contributed by atoms with Gasteiger partial charge in [0.25, 0.3) is 5.91 Å². The van der Waals surface area contributed by atoms with Gasteiger partial charge in [-0.05, 0) is 37.1 Å². The molecule has 3 N–H and O–H groups in total. The molecule has 0 unspecified atom stereocenters. The van der Waals surface area contributed by atoms with E-state index in [0.717, 1.165) is 12.8 Å². The highest BCUT2D eigenvalue weighted by molar-refractivity contribution is 6.00. The van der Waals surface area contributed by atoms with Crippen molar-refractivity contribution >= 4 is 5.91 Å². The maximum atomic E-state index is 14.0. The van der Waals surface area contributed by atoms with Gasteiger partial charge in [0, 0.05) is 17.6 Å². The van der Waals surface area contributed by atoms with E-state index in [4.69, 9.17) is 10.2 Å². The highest BCUT2D eigenvalue weighted by atomic mass is 19.1. The second-order valence-electron chi connectivity index (χ2n) is 6.81. The first kappa shape index (κ1) is 19.8. The molecule has 28 heavy (non-hydrogen) atoms. The standard InChI is InChI=1S/C22H24FN3O2/c1-3-22(24,4-2)14-26-20(27)15-9-5-6-10-16(15)21-25-13-19(28-21)17-11-7-8-12-18(17)23/h5-13H,3-4,14,24H2,1-2H3,(H,26,27). The molecule has 0 radical (unpaired) electrons. The van der Waals surface area contributed by atoms with Crippen LogP contribution in [-0.4, -0.2) is 23.0 Å². The summed E-state index contributed by atoms with van der Waals surface area (Å²) in [7, 11) is 0. The maximum absolute atomic E-state index is 14.0. The number of carbonyl (C=O) groups is 1. The van der Waals surface area contributed by atoms with Crippen LogP contribution >= 0.6 is 0 Å². The summed E-state index contributed by atoms with van der Waals surface area (Å²) < 4.78 is 19.8. The Kier molecular flexibility index (Phi) is 5.90. The van der Waals surface area contributed by atoms with Crippen LogP contribution < -0.4 is 11.1 Å². The summed E-state index contributed by atoms with van der Waals surface area (Å²) in [4.78, 5) is 17.0. The first-order valence-corrected chi connectivity index (χ1v) is 9.34. The number of hydrogen-bond donors (Lipinski definition) is 2. The minimum atomic E-state index is -0.439. The summed E-state index contributed by atoms with van der Waals surface area (Å²) in [6, 6.07) is 13.3. The Balaban J connectivity index is 1.87. The van der Waals surface area contributed by atoms with Gasteiger partial charge in [0.15, 0.2) is 5.76 Å². The van der Waals surface area contributed by atoms with Gasteiger partial charge in [0.2, 0.25) is 5.89 Å². The number of hydrogen-bond acceptors (Lipinski definition) is 4. The zero-order chi connectivity index (χ0) is 20.1. The van der Waals surface area contributed by atoms with E-state index in [-0.39, 0.29) is 11.8 Å². The number of benzene rings is 2. The first-order valence-electron chi connectivity index (χ1n) is 9.34. The maximum Gasteiger partial charge on any atom is 0.252 e. The molecule has 0 spiro atoms. The van der Waals surface area contributed by atoms with Crippen molar-refractivity contribution in [1.29, 1.82) is 0 Å². The predicted molar refractivity (Wildman–Crippen MR) is 107 cm³/mol. The molecular weight excluding hydrogens is 357 g/mol. The van der Waals surface area contributed by atoms with Crippen molar-refractivity contribution in [1.82, 2.24) is 10.3 Å². The van der Waals surface area contributed by atoms with E-state index in [2.05, 4.69) is 10.3 Å². The van der Waals surface area contributed by atoms with E-state index in [0.29, 0.717) is 29.0 Å². The summed E-state index contributed by atoms with van der Waals surface area (Å²) in [5, 5.41) is 2.91. The zero-order valence-electron chi connectivity index (χ0n) is 16.0. The highest BCUT2D eigenvalue weighted by Crippen LogP contribution is 2.29. The van der Waals surface area contributed by atoms with Crippen LogP contribution in [0.25, 0.3) is 22.8 Å². The number of amides is 1. The van der Waals surface area contributed by atoms with E-state index >= 15 is 0 Å². The Morgan fingerprint density at radius 2 is 1.75 bits per heavy atom. The molecule has 0 saturated heterocycles. The monoisotopic (exact) mass is 381 g/mol. The van der Waals surface area contributed by atoms with Crippen LogP contribution in [0.15, 0.2) is 59.1 Å². The molecule has 1 heterocycles. The van der Waals surface area contributed by atoms with Crippen LogP contribution in [0.5, 0.6) is 0 Å². The third-order valence-corrected chi connectivity index (χ3v) is 5.06. The van der Waals surface area contributed by atoms with Crippen LogP contribution in [0.1, 0.15) is 37.0 Å². The van der Waals surface area contributed by atoms with Crippen molar-refractivity contribution < 1.29 is 13.6 Å². The molecule has 5 nitrogen and oxygen atoms in total. The first-order chi connectivity index (χ1) is 13.5. The van der Waals surface area contributed by atoms with Crippen LogP contribution in [0.2, 0.25) is 0 Å². The minimum absolute atomic E-state index is 0.252. The fourth-order valence-electron chi connectivity index (χ4n) is 2.90. The third-order valence-electron chi connectivity index (χ3n) is 5.06. The third kappa shape index (κ3) is 4.12. The molecule has 0 atom stereocenters. The lowest BCUT2D eigenvalue weighted by Crippen LogP contribution is -2.49. The van der Waals surface area contributed by atoms with Crippen LogP contribution in [-0.2, 0) is 0 Å². The number of halogens is 1. The lowest BCUT2D eigenvalue weighted by molar-refractivity contribution is 0.0942. The Bertz CT molecular complexity index is 964. The molecular formula is C22H24FN3O2. The summed E-state index contributed by atoms with van der Waals surface area (Å²) in [5.74, 6) is -0.0807. The summed E-state index contributed by atoms with van der Waals surface area (Å²) in [6.07, 6.45) is 2.98. The molecule has 1 amide bonds. The average Bonchev–Trinajstić information content (AvgIpc) is 3.22. The molecule has 0 fully saturated rings. The fourth-order valence-corrected chi connectivity index (χ4v) is 2.90. The molecule has 0 aliphatic carbocycles. The van der Waals surface area contributed by atoms with E-state index in [1.54, 1.807) is 42.5 Å². The van der Waals surface area contributed by atoms with Crippen molar-refractivity contribution in [3.05, 3.63) is 66.1 Å². The molecule has 1 aromatic heterocycles. The number of nitrogens with one attached hydrogen (secondary N) is 1. The Morgan fingerprint density at radius 3 is 2.43 bits per heavy atom. The Hall–Kier alpha value is -2.99. The van der Waals surface area contributed by atoms with Gasteiger partial charge in [-0.25, -0.2) is 9.37 Å². The molecule has 146 valence electrons. The largest absolute Gasteiger partial charge is 0.436 e. The van der Waals surface area contributed by atoms with Gasteiger partial charge >= 0.3 is 0 Å². The van der Waals surface area contributed by atoms with Crippen LogP contribution in [0.4, 0.5) is 4.39 Å². The van der Waals surface area contributed by atoms with E-state index in [9.17, 15) is 9.18 Å². The lowest BCUT2D eigenvalue weighted by atomic mass is 9.94. The van der Waals surface area contributed by atoms with Gasteiger partial charge in [-0.2, -0.15) is 0 Å². The van der Waals surface area contributed by atoms with Crippen LogP contribution in [0.3, 0.4) is 0 Å². The molecule has 0 bridgehead atoms. The minimum Gasteiger partial charge on any atom is -0.436 e. The second kappa shape index (κ2) is 8.35. The smallest absolute Gasteiger partial charge is 0.252 e. The molecule has 0 saturated carbocycles. The summed E-state index contributed by atoms with van der Waals surface area (Å²) in [5.41, 5.74) is 7.12. The molecule has 3 aromatic rings. The van der Waals surface area contributed by atoms with Gasteiger partial charge in [-0.15, -0.1) is 0 Å². The quantitative estimate of drug-likeness (QED) is 0.636. The van der Waals surface area contributed by atoms with Crippen LogP contribution in [0, 0.1) is 5.82 Å². The molecule has 3 rings (SSSR count). The molecule has 6 heteroatoms. The number of carbonyl (C=O) groups excluding carboxylic acids is 1. The topological polar surface area (TPSA) is 81.1 Å². The van der Waals surface area contributed by atoms with Crippen molar-refractivity contribution in [3.8, 4) is 22.8 Å². The van der Waals surface area contributed by atoms with E-state index in [1.807, 2.05) is 13.8 Å². The van der Waals surface area contributed by atoms with Gasteiger partial charge in [0.1, 0.15) is 5.82 Å². The molecule has 0 aliphatic rings. The van der Waals surface area contributed by atoms with Crippen molar-refractivity contribution in [2.75, 3.05) is 6.54 Å². The predicted octanol–water partition coefficient (Wildman–Crippen LogP) is 4.40. The normalized spacial score (nSPS) is 11.4. The molecule has 0 aliphatic heterocycles. The molecule has 2 aromatic carbocycles. The number of aromatic nitrogens is 1. The number of rotatable bonds is 7. The lowest BCUT2D eigenvalue weighted by Gasteiger charge is -2.26. The van der Waals surface area contributed by atoms with Gasteiger partial charge in [-0.3, -0.25) is 4.79 Å². The van der Waals surface area contributed by atoms with E-state index in [1.165, 1.54) is 12.3 Å². The second-order valence-corrected chi connectivity index (χ2v) is 6.81.